The fourth-order valence-electron chi connectivity index (χ4n) is 3.31. The van der Waals surface area contributed by atoms with Gasteiger partial charge in [0.25, 0.3) is 0 Å². The Labute approximate surface area is 132 Å². The van der Waals surface area contributed by atoms with Gasteiger partial charge in [-0.2, -0.15) is 5.26 Å². The van der Waals surface area contributed by atoms with Crippen LogP contribution < -0.4 is 0 Å². The van der Waals surface area contributed by atoms with E-state index in [2.05, 4.69) is 24.1 Å². The molecule has 1 aromatic heterocycles. The number of aryl methyl sites for hydroxylation is 1. The quantitative estimate of drug-likeness (QED) is 0.852. The average molecular weight is 300 g/mol. The van der Waals surface area contributed by atoms with Crippen LogP contribution in [0.4, 0.5) is 0 Å². The van der Waals surface area contributed by atoms with Crippen LogP contribution in [0.5, 0.6) is 0 Å². The van der Waals surface area contributed by atoms with Crippen molar-refractivity contribution in [2.24, 2.45) is 5.92 Å². The van der Waals surface area contributed by atoms with E-state index in [1.807, 2.05) is 15.5 Å². The van der Waals surface area contributed by atoms with Gasteiger partial charge in [-0.25, -0.2) is 0 Å². The second kappa shape index (κ2) is 6.53. The van der Waals surface area contributed by atoms with Crippen molar-refractivity contribution in [2.45, 2.75) is 39.3 Å². The van der Waals surface area contributed by atoms with Gasteiger partial charge in [0, 0.05) is 51.4 Å². The van der Waals surface area contributed by atoms with Crippen molar-refractivity contribution in [1.29, 1.82) is 5.26 Å². The molecule has 5 heteroatoms. The van der Waals surface area contributed by atoms with Crippen molar-refractivity contribution in [2.75, 3.05) is 26.2 Å². The lowest BCUT2D eigenvalue weighted by atomic mass is 9.84. The van der Waals surface area contributed by atoms with Gasteiger partial charge in [0.05, 0.1) is 0 Å². The molecular weight excluding hydrogens is 276 g/mol. The van der Waals surface area contributed by atoms with Gasteiger partial charge < -0.3 is 9.47 Å². The number of hydrogen-bond donors (Lipinski definition) is 0. The van der Waals surface area contributed by atoms with Crippen molar-refractivity contribution < 1.29 is 4.79 Å². The first-order valence-corrected chi connectivity index (χ1v) is 8.31. The highest BCUT2D eigenvalue weighted by molar-refractivity contribution is 5.79. The van der Waals surface area contributed by atoms with Crippen LogP contribution in [-0.2, 0) is 17.9 Å². The van der Waals surface area contributed by atoms with Gasteiger partial charge in [0.1, 0.15) is 11.8 Å². The normalized spacial score (nSPS) is 19.7. The number of amides is 1. The molecule has 2 fully saturated rings. The largest absolute Gasteiger partial charge is 0.340 e. The monoisotopic (exact) mass is 300 g/mol. The summed E-state index contributed by atoms with van der Waals surface area (Å²) in [6.45, 7) is 7.29. The second-order valence-corrected chi connectivity index (χ2v) is 6.36. The smallest absolute Gasteiger partial charge is 0.225 e. The lowest BCUT2D eigenvalue weighted by Crippen LogP contribution is -2.50. The zero-order valence-corrected chi connectivity index (χ0v) is 13.3. The fourth-order valence-corrected chi connectivity index (χ4v) is 3.31. The average Bonchev–Trinajstić information content (AvgIpc) is 2.88. The highest BCUT2D eigenvalue weighted by Gasteiger charge is 2.31. The second-order valence-electron chi connectivity index (χ2n) is 6.36. The van der Waals surface area contributed by atoms with Gasteiger partial charge in [-0.15, -0.1) is 0 Å². The Morgan fingerprint density at radius 3 is 2.55 bits per heavy atom. The van der Waals surface area contributed by atoms with Crippen LogP contribution in [0.15, 0.2) is 12.3 Å². The number of hydrogen-bond acceptors (Lipinski definition) is 3. The van der Waals surface area contributed by atoms with Crippen molar-refractivity contribution in [1.82, 2.24) is 14.4 Å². The third-order valence-corrected chi connectivity index (χ3v) is 4.95. The predicted octanol–water partition coefficient (Wildman–Crippen LogP) is 1.82. The van der Waals surface area contributed by atoms with Gasteiger partial charge in [-0.05, 0) is 31.4 Å². The molecule has 3 rings (SSSR count). The van der Waals surface area contributed by atoms with E-state index >= 15 is 0 Å². The van der Waals surface area contributed by atoms with Crippen LogP contribution in [0.25, 0.3) is 0 Å². The lowest BCUT2D eigenvalue weighted by Gasteiger charge is -2.38. The molecule has 0 aromatic carbocycles. The third-order valence-electron chi connectivity index (χ3n) is 4.95. The first-order chi connectivity index (χ1) is 10.7. The summed E-state index contributed by atoms with van der Waals surface area (Å²) in [5.41, 5.74) is 1.92. The summed E-state index contributed by atoms with van der Waals surface area (Å²) in [6, 6.07) is 4.22. The van der Waals surface area contributed by atoms with Crippen molar-refractivity contribution in [3.05, 3.63) is 23.5 Å². The maximum atomic E-state index is 12.2. The van der Waals surface area contributed by atoms with Crippen molar-refractivity contribution in [3.8, 4) is 6.07 Å². The van der Waals surface area contributed by atoms with E-state index in [1.165, 1.54) is 12.0 Å². The third kappa shape index (κ3) is 3.02. The fraction of sp³-hybridized carbons (Fsp3) is 0.647. The standard InChI is InChI=1S/C17H24N4O/c1-2-20-13-14(10-16(20)11-18)12-19-6-8-21(9-7-19)17(22)15-4-3-5-15/h10,13,15H,2-9,12H2,1H3. The molecule has 0 spiro atoms. The van der Waals surface area contributed by atoms with E-state index in [9.17, 15) is 4.79 Å². The Balaban J connectivity index is 1.52. The molecule has 118 valence electrons. The lowest BCUT2D eigenvalue weighted by molar-refractivity contribution is -0.140. The minimum Gasteiger partial charge on any atom is -0.340 e. The molecule has 1 saturated heterocycles. The van der Waals surface area contributed by atoms with Crippen molar-refractivity contribution >= 4 is 5.91 Å². The maximum absolute atomic E-state index is 12.2. The first kappa shape index (κ1) is 15.1. The Hall–Kier alpha value is -1.80. The van der Waals surface area contributed by atoms with Gasteiger partial charge in [0.15, 0.2) is 0 Å². The zero-order valence-electron chi connectivity index (χ0n) is 13.3. The molecule has 0 bridgehead atoms. The number of aromatic nitrogens is 1. The summed E-state index contributed by atoms with van der Waals surface area (Å²) in [5.74, 6) is 0.679. The van der Waals surface area contributed by atoms with Gasteiger partial charge in [-0.3, -0.25) is 9.69 Å². The minimum absolute atomic E-state index is 0.309. The number of nitrogens with zero attached hydrogens (tertiary/aromatic N) is 4. The molecule has 1 aromatic rings. The van der Waals surface area contributed by atoms with Crippen LogP contribution in [0.1, 0.15) is 37.4 Å². The molecule has 1 aliphatic heterocycles. The number of carbonyl (C=O) groups excluding carboxylic acids is 1. The van der Waals surface area contributed by atoms with Gasteiger partial charge in [0.2, 0.25) is 5.91 Å². The molecule has 0 unspecified atom stereocenters. The minimum atomic E-state index is 0.309. The molecule has 5 nitrogen and oxygen atoms in total. The molecule has 1 aliphatic carbocycles. The predicted molar refractivity (Wildman–Crippen MR) is 84.0 cm³/mol. The van der Waals surface area contributed by atoms with Crippen LogP contribution >= 0.6 is 0 Å². The van der Waals surface area contributed by atoms with Gasteiger partial charge in [-0.1, -0.05) is 6.42 Å². The number of piperazine rings is 1. The molecular formula is C17H24N4O. The number of carbonyl (C=O) groups is 1. The van der Waals surface area contributed by atoms with E-state index in [-0.39, 0.29) is 0 Å². The first-order valence-electron chi connectivity index (χ1n) is 8.31. The van der Waals surface area contributed by atoms with E-state index in [4.69, 9.17) is 5.26 Å². The molecule has 22 heavy (non-hydrogen) atoms. The SMILES string of the molecule is CCn1cc(CN2CCN(C(=O)C3CCC3)CC2)cc1C#N. The zero-order chi connectivity index (χ0) is 15.5. The van der Waals surface area contributed by atoms with Crippen molar-refractivity contribution in [3.63, 3.8) is 0 Å². The molecule has 1 amide bonds. The van der Waals surface area contributed by atoms with E-state index in [0.29, 0.717) is 11.8 Å². The molecule has 2 heterocycles. The Kier molecular flexibility index (Phi) is 4.49. The highest BCUT2D eigenvalue weighted by Crippen LogP contribution is 2.28. The number of nitriles is 1. The van der Waals surface area contributed by atoms with Crippen LogP contribution in [0, 0.1) is 17.2 Å². The summed E-state index contributed by atoms with van der Waals surface area (Å²) in [4.78, 5) is 16.7. The van der Waals surface area contributed by atoms with Gasteiger partial charge >= 0.3 is 0 Å². The topological polar surface area (TPSA) is 52.3 Å². The summed E-state index contributed by atoms with van der Waals surface area (Å²) < 4.78 is 1.99. The maximum Gasteiger partial charge on any atom is 0.225 e. The molecule has 1 saturated carbocycles. The van der Waals surface area contributed by atoms with Crippen LogP contribution in [0.3, 0.4) is 0 Å². The van der Waals surface area contributed by atoms with Crippen LogP contribution in [-0.4, -0.2) is 46.5 Å². The molecule has 0 atom stereocenters. The van der Waals surface area contributed by atoms with E-state index in [1.54, 1.807) is 0 Å². The highest BCUT2D eigenvalue weighted by atomic mass is 16.2. The summed E-state index contributed by atoms with van der Waals surface area (Å²) >= 11 is 0. The van der Waals surface area contributed by atoms with Crippen LogP contribution in [0.2, 0.25) is 0 Å². The summed E-state index contributed by atoms with van der Waals surface area (Å²) in [5, 5.41) is 9.12. The Bertz CT molecular complexity index is 574. The summed E-state index contributed by atoms with van der Waals surface area (Å²) in [7, 11) is 0. The Morgan fingerprint density at radius 2 is 2.05 bits per heavy atom. The molecule has 0 N–H and O–H groups in total. The number of rotatable bonds is 4. The molecule has 0 radical (unpaired) electrons. The molecule has 2 aliphatic rings. The Morgan fingerprint density at radius 1 is 1.32 bits per heavy atom. The summed E-state index contributed by atoms with van der Waals surface area (Å²) in [6.07, 6.45) is 5.46. The van der Waals surface area contributed by atoms with E-state index < -0.39 is 0 Å². The van der Waals surface area contributed by atoms with E-state index in [0.717, 1.165) is 57.8 Å².